The molecule has 168 valence electrons. The van der Waals surface area contributed by atoms with Crippen molar-refractivity contribution in [3.8, 4) is 5.75 Å². The molecule has 1 atom stereocenters. The standard InChI is InChI=1S/C26H37N3O2/c1-17-18(2)24(27)20(4)25(19(17)3)31-21(5)26(30)28-23-12-15-29(16-13-23)14-11-22-9-7-6-8-10-22/h6-10,21,23H,11-16,27H2,1-5H3,(H,28,30). The summed E-state index contributed by atoms with van der Waals surface area (Å²) in [4.78, 5) is 15.3. The van der Waals surface area contributed by atoms with Crippen LogP contribution in [-0.4, -0.2) is 42.6 Å². The molecule has 1 saturated heterocycles. The van der Waals surface area contributed by atoms with E-state index >= 15 is 0 Å². The molecule has 1 aliphatic rings. The van der Waals surface area contributed by atoms with Crippen LogP contribution in [0.4, 0.5) is 5.69 Å². The molecule has 1 amide bonds. The lowest BCUT2D eigenvalue weighted by Gasteiger charge is -2.33. The maximum absolute atomic E-state index is 12.8. The highest BCUT2D eigenvalue weighted by Crippen LogP contribution is 2.34. The lowest BCUT2D eigenvalue weighted by molar-refractivity contribution is -0.128. The van der Waals surface area contributed by atoms with Gasteiger partial charge in [-0.3, -0.25) is 4.79 Å². The number of carbonyl (C=O) groups excluding carboxylic acids is 1. The maximum Gasteiger partial charge on any atom is 0.260 e. The molecule has 5 nitrogen and oxygen atoms in total. The van der Waals surface area contributed by atoms with E-state index in [0.717, 1.165) is 72.6 Å². The monoisotopic (exact) mass is 423 g/mol. The Kier molecular flexibility index (Phi) is 7.60. The van der Waals surface area contributed by atoms with E-state index in [4.69, 9.17) is 10.5 Å². The number of amides is 1. The van der Waals surface area contributed by atoms with Gasteiger partial charge in [0.25, 0.3) is 5.91 Å². The lowest BCUT2D eigenvalue weighted by atomic mass is 9.97. The van der Waals surface area contributed by atoms with Gasteiger partial charge < -0.3 is 20.7 Å². The normalized spacial score (nSPS) is 16.2. The lowest BCUT2D eigenvalue weighted by Crippen LogP contribution is -2.48. The molecule has 0 radical (unpaired) electrons. The average molecular weight is 424 g/mol. The average Bonchev–Trinajstić information content (AvgIpc) is 2.79. The Morgan fingerprint density at radius 2 is 1.71 bits per heavy atom. The fourth-order valence-corrected chi connectivity index (χ4v) is 4.30. The Labute approximate surface area is 187 Å². The summed E-state index contributed by atoms with van der Waals surface area (Å²) in [5.74, 6) is 0.678. The molecule has 3 rings (SSSR count). The van der Waals surface area contributed by atoms with E-state index in [9.17, 15) is 4.79 Å². The summed E-state index contributed by atoms with van der Waals surface area (Å²) in [7, 11) is 0. The van der Waals surface area contributed by atoms with Crippen molar-refractivity contribution in [3.05, 3.63) is 58.1 Å². The number of ether oxygens (including phenoxy) is 1. The molecule has 5 heteroatoms. The summed E-state index contributed by atoms with van der Waals surface area (Å²) < 4.78 is 6.10. The van der Waals surface area contributed by atoms with Crippen molar-refractivity contribution in [1.29, 1.82) is 0 Å². The Bertz CT molecular complexity index is 874. The highest BCUT2D eigenvalue weighted by atomic mass is 16.5. The van der Waals surface area contributed by atoms with Gasteiger partial charge in [-0.05, 0) is 76.1 Å². The van der Waals surface area contributed by atoms with Gasteiger partial charge in [-0.25, -0.2) is 0 Å². The van der Waals surface area contributed by atoms with Crippen molar-refractivity contribution in [2.75, 3.05) is 25.4 Å². The van der Waals surface area contributed by atoms with E-state index in [2.05, 4.69) is 40.5 Å². The first-order valence-electron chi connectivity index (χ1n) is 11.4. The molecular formula is C26H37N3O2. The zero-order valence-corrected chi connectivity index (χ0v) is 19.6. The second-order valence-electron chi connectivity index (χ2n) is 8.86. The number of benzene rings is 2. The van der Waals surface area contributed by atoms with E-state index < -0.39 is 6.10 Å². The van der Waals surface area contributed by atoms with Crippen molar-refractivity contribution in [2.24, 2.45) is 0 Å². The number of nitrogens with two attached hydrogens (primary N) is 1. The molecule has 2 aromatic carbocycles. The van der Waals surface area contributed by atoms with Crippen LogP contribution in [0.1, 0.15) is 47.6 Å². The zero-order chi connectivity index (χ0) is 22.5. The van der Waals surface area contributed by atoms with Gasteiger partial charge >= 0.3 is 0 Å². The molecule has 3 N–H and O–H groups in total. The molecule has 0 spiro atoms. The number of nitrogen functional groups attached to an aromatic ring is 1. The number of nitrogens with one attached hydrogen (secondary N) is 1. The van der Waals surface area contributed by atoms with Crippen LogP contribution >= 0.6 is 0 Å². The van der Waals surface area contributed by atoms with Gasteiger partial charge in [0, 0.05) is 36.9 Å². The summed E-state index contributed by atoms with van der Waals surface area (Å²) in [6, 6.07) is 10.8. The Morgan fingerprint density at radius 1 is 1.06 bits per heavy atom. The fraction of sp³-hybridized carbons (Fsp3) is 0.500. The van der Waals surface area contributed by atoms with E-state index in [1.807, 2.05) is 34.6 Å². The van der Waals surface area contributed by atoms with Crippen LogP contribution in [0.15, 0.2) is 30.3 Å². The molecule has 2 aromatic rings. The molecule has 0 aliphatic carbocycles. The molecule has 1 aliphatic heterocycles. The zero-order valence-electron chi connectivity index (χ0n) is 19.6. The Morgan fingerprint density at radius 3 is 2.35 bits per heavy atom. The van der Waals surface area contributed by atoms with Crippen LogP contribution in [0.2, 0.25) is 0 Å². The second kappa shape index (κ2) is 10.2. The third-order valence-electron chi connectivity index (χ3n) is 6.77. The van der Waals surface area contributed by atoms with E-state index in [1.54, 1.807) is 0 Å². The number of rotatable bonds is 7. The Hall–Kier alpha value is -2.53. The van der Waals surface area contributed by atoms with E-state index in [0.29, 0.717) is 0 Å². The minimum absolute atomic E-state index is 0.0571. The number of hydrogen-bond donors (Lipinski definition) is 2. The fourth-order valence-electron chi connectivity index (χ4n) is 4.30. The molecule has 1 heterocycles. The van der Waals surface area contributed by atoms with E-state index in [1.165, 1.54) is 5.56 Å². The quantitative estimate of drug-likeness (QED) is 0.658. The van der Waals surface area contributed by atoms with E-state index in [-0.39, 0.29) is 11.9 Å². The summed E-state index contributed by atoms with van der Waals surface area (Å²) in [5, 5.41) is 3.19. The van der Waals surface area contributed by atoms with Crippen molar-refractivity contribution in [3.63, 3.8) is 0 Å². The van der Waals surface area contributed by atoms with Gasteiger partial charge in [-0.15, -0.1) is 0 Å². The van der Waals surface area contributed by atoms with Crippen LogP contribution < -0.4 is 15.8 Å². The van der Waals surface area contributed by atoms with Crippen LogP contribution in [-0.2, 0) is 11.2 Å². The number of likely N-dealkylation sites (tertiary alicyclic amines) is 1. The first-order chi connectivity index (χ1) is 14.8. The van der Waals surface area contributed by atoms with Gasteiger partial charge in [0.15, 0.2) is 6.10 Å². The molecule has 0 bridgehead atoms. The molecule has 1 unspecified atom stereocenters. The van der Waals surface area contributed by atoms with Crippen LogP contribution in [0.3, 0.4) is 0 Å². The minimum atomic E-state index is -0.560. The van der Waals surface area contributed by atoms with Crippen LogP contribution in [0, 0.1) is 27.7 Å². The van der Waals surface area contributed by atoms with Gasteiger partial charge in [-0.1, -0.05) is 30.3 Å². The van der Waals surface area contributed by atoms with Gasteiger partial charge in [-0.2, -0.15) is 0 Å². The second-order valence-corrected chi connectivity index (χ2v) is 8.86. The SMILES string of the molecule is Cc1c(C)c(N)c(C)c(OC(C)C(=O)NC2CCN(CCc3ccccc3)CC2)c1C. The Balaban J connectivity index is 1.49. The molecule has 0 saturated carbocycles. The number of carbonyl (C=O) groups is 1. The van der Waals surface area contributed by atoms with Crippen LogP contribution in [0.25, 0.3) is 0 Å². The van der Waals surface area contributed by atoms with Crippen molar-refractivity contribution < 1.29 is 9.53 Å². The third-order valence-corrected chi connectivity index (χ3v) is 6.77. The number of hydrogen-bond acceptors (Lipinski definition) is 4. The minimum Gasteiger partial charge on any atom is -0.480 e. The first kappa shape index (κ1) is 23.1. The highest BCUT2D eigenvalue weighted by molar-refractivity contribution is 5.81. The maximum atomic E-state index is 12.8. The third kappa shape index (κ3) is 5.59. The summed E-state index contributed by atoms with van der Waals surface area (Å²) >= 11 is 0. The molecule has 0 aromatic heterocycles. The number of anilines is 1. The van der Waals surface area contributed by atoms with Crippen LogP contribution in [0.5, 0.6) is 5.75 Å². The summed E-state index contributed by atoms with van der Waals surface area (Å²) in [6.45, 7) is 13.0. The largest absolute Gasteiger partial charge is 0.480 e. The topological polar surface area (TPSA) is 67.6 Å². The van der Waals surface area contributed by atoms with Crippen molar-refractivity contribution >= 4 is 11.6 Å². The molecule has 1 fully saturated rings. The van der Waals surface area contributed by atoms with Gasteiger partial charge in [0.2, 0.25) is 0 Å². The summed E-state index contributed by atoms with van der Waals surface area (Å²) in [5.41, 5.74) is 12.5. The summed E-state index contributed by atoms with van der Waals surface area (Å²) in [6.07, 6.45) is 2.46. The predicted molar refractivity (Wildman–Crippen MR) is 128 cm³/mol. The predicted octanol–water partition coefficient (Wildman–Crippen LogP) is 4.09. The first-order valence-corrected chi connectivity index (χ1v) is 11.4. The number of piperidine rings is 1. The van der Waals surface area contributed by atoms with Crippen molar-refractivity contribution in [1.82, 2.24) is 10.2 Å². The van der Waals surface area contributed by atoms with Gasteiger partial charge in [0.1, 0.15) is 5.75 Å². The smallest absolute Gasteiger partial charge is 0.260 e. The molecular weight excluding hydrogens is 386 g/mol. The van der Waals surface area contributed by atoms with Crippen molar-refractivity contribution in [2.45, 2.75) is 66.0 Å². The number of nitrogens with zero attached hydrogens (tertiary/aromatic N) is 1. The van der Waals surface area contributed by atoms with Gasteiger partial charge in [0.05, 0.1) is 0 Å². The molecule has 31 heavy (non-hydrogen) atoms. The highest BCUT2D eigenvalue weighted by Gasteiger charge is 2.25.